The quantitative estimate of drug-likeness (QED) is 0.785. The van der Waals surface area contributed by atoms with Gasteiger partial charge in [0.1, 0.15) is 6.04 Å². The van der Waals surface area contributed by atoms with Crippen LogP contribution in [0.2, 0.25) is 0 Å². The number of hydrogen-bond acceptors (Lipinski definition) is 8. The summed E-state index contributed by atoms with van der Waals surface area (Å²) >= 11 is 1.42. The molecule has 19 heavy (non-hydrogen) atoms. The summed E-state index contributed by atoms with van der Waals surface area (Å²) in [6.45, 7) is 0. The average molecular weight is 283 g/mol. The van der Waals surface area contributed by atoms with E-state index in [1.165, 1.54) is 25.1 Å². The molecule has 0 aliphatic carbocycles. The van der Waals surface area contributed by atoms with Crippen LogP contribution < -0.4 is 5.73 Å². The van der Waals surface area contributed by atoms with Crippen LogP contribution in [0.5, 0.6) is 0 Å². The van der Waals surface area contributed by atoms with Gasteiger partial charge >= 0.3 is 5.97 Å². The second-order valence-electron chi connectivity index (χ2n) is 3.62. The van der Waals surface area contributed by atoms with E-state index in [-0.39, 0.29) is 0 Å². The number of carbonyl (C=O) groups excluding carboxylic acids is 1. The number of carbonyl (C=O) groups is 1. The molecule has 8 heteroatoms. The maximum Gasteiger partial charge on any atom is 0.323 e. The van der Waals surface area contributed by atoms with Crippen LogP contribution in [0.25, 0.3) is 11.7 Å². The Morgan fingerprint density at radius 1 is 1.58 bits per heavy atom. The number of thioether (sulfide) groups is 1. The van der Waals surface area contributed by atoms with Crippen molar-refractivity contribution in [3.8, 4) is 11.7 Å². The molecule has 2 aromatic heterocycles. The standard InChI is InChI=1S/C11H13N3O4S/c1-16-11(15)7(12)5-19-6-9-13-14-10(18-9)8-3-2-4-17-8/h2-4,7H,5-6,12H2,1H3. The molecular formula is C11H13N3O4S. The molecule has 0 amide bonds. The minimum absolute atomic E-state index is 0.331. The molecule has 0 spiro atoms. The van der Waals surface area contributed by atoms with Gasteiger partial charge in [0.2, 0.25) is 5.89 Å². The molecule has 0 saturated heterocycles. The molecule has 0 aromatic carbocycles. The number of esters is 1. The Morgan fingerprint density at radius 2 is 2.42 bits per heavy atom. The number of rotatable bonds is 6. The van der Waals surface area contributed by atoms with E-state index in [4.69, 9.17) is 14.6 Å². The highest BCUT2D eigenvalue weighted by Crippen LogP contribution is 2.20. The van der Waals surface area contributed by atoms with Crippen LogP contribution in [-0.4, -0.2) is 35.1 Å². The fourth-order valence-electron chi connectivity index (χ4n) is 1.30. The molecule has 0 aliphatic rings. The zero-order chi connectivity index (χ0) is 13.7. The first-order valence-electron chi connectivity index (χ1n) is 5.48. The lowest BCUT2D eigenvalue weighted by molar-refractivity contribution is -0.141. The summed E-state index contributed by atoms with van der Waals surface area (Å²) < 4.78 is 15.1. The van der Waals surface area contributed by atoms with Crippen molar-refractivity contribution in [3.63, 3.8) is 0 Å². The zero-order valence-corrected chi connectivity index (χ0v) is 11.1. The molecule has 0 fully saturated rings. The summed E-state index contributed by atoms with van der Waals surface area (Å²) in [6.07, 6.45) is 1.53. The molecule has 102 valence electrons. The molecule has 1 atom stereocenters. The molecule has 0 saturated carbocycles. The van der Waals surface area contributed by atoms with Gasteiger partial charge in [-0.05, 0) is 12.1 Å². The highest BCUT2D eigenvalue weighted by atomic mass is 32.2. The van der Waals surface area contributed by atoms with Crippen molar-refractivity contribution in [2.45, 2.75) is 11.8 Å². The fraction of sp³-hybridized carbons (Fsp3) is 0.364. The van der Waals surface area contributed by atoms with Crippen LogP contribution in [0, 0.1) is 0 Å². The third kappa shape index (κ3) is 3.58. The van der Waals surface area contributed by atoms with Crippen LogP contribution in [-0.2, 0) is 15.3 Å². The van der Waals surface area contributed by atoms with E-state index in [1.807, 2.05) is 0 Å². The normalized spacial score (nSPS) is 12.3. The van der Waals surface area contributed by atoms with Gasteiger partial charge in [-0.25, -0.2) is 0 Å². The number of hydrogen-bond donors (Lipinski definition) is 1. The molecule has 0 aliphatic heterocycles. The van der Waals surface area contributed by atoms with Gasteiger partial charge in [-0.15, -0.1) is 22.0 Å². The van der Waals surface area contributed by atoms with Crippen LogP contribution in [0.3, 0.4) is 0 Å². The number of nitrogens with zero attached hydrogens (tertiary/aromatic N) is 2. The maximum atomic E-state index is 11.1. The molecule has 2 aromatic rings. The highest BCUT2D eigenvalue weighted by Gasteiger charge is 2.15. The fourth-order valence-corrected chi connectivity index (χ4v) is 2.10. The molecule has 1 unspecified atom stereocenters. The van der Waals surface area contributed by atoms with E-state index in [0.717, 1.165) is 0 Å². The van der Waals surface area contributed by atoms with Gasteiger partial charge in [0.05, 0.1) is 19.1 Å². The van der Waals surface area contributed by atoms with Gasteiger partial charge in [-0.2, -0.15) is 0 Å². The maximum absolute atomic E-state index is 11.1. The van der Waals surface area contributed by atoms with E-state index in [2.05, 4.69) is 14.9 Å². The number of ether oxygens (including phenoxy) is 1. The van der Waals surface area contributed by atoms with Crippen molar-refractivity contribution in [1.29, 1.82) is 0 Å². The lowest BCUT2D eigenvalue weighted by Gasteiger charge is -2.06. The second kappa shape index (κ2) is 6.39. The molecule has 2 N–H and O–H groups in total. The molecule has 2 rings (SSSR count). The minimum Gasteiger partial charge on any atom is -0.468 e. The number of furan rings is 1. The van der Waals surface area contributed by atoms with Gasteiger partial charge < -0.3 is 19.3 Å². The van der Waals surface area contributed by atoms with E-state index in [1.54, 1.807) is 12.1 Å². The number of methoxy groups -OCH3 is 1. The minimum atomic E-state index is -0.650. The Morgan fingerprint density at radius 3 is 3.11 bits per heavy atom. The molecular weight excluding hydrogens is 270 g/mol. The smallest absolute Gasteiger partial charge is 0.323 e. The largest absolute Gasteiger partial charge is 0.468 e. The van der Waals surface area contributed by atoms with E-state index < -0.39 is 12.0 Å². The summed E-state index contributed by atoms with van der Waals surface area (Å²) in [5.41, 5.74) is 5.60. The summed E-state index contributed by atoms with van der Waals surface area (Å²) in [6, 6.07) is 2.82. The van der Waals surface area contributed by atoms with Gasteiger partial charge in [0.15, 0.2) is 5.76 Å². The zero-order valence-electron chi connectivity index (χ0n) is 10.2. The SMILES string of the molecule is COC(=O)C(N)CSCc1nnc(-c2ccco2)o1. The van der Waals surface area contributed by atoms with Crippen molar-refractivity contribution in [3.05, 3.63) is 24.3 Å². The molecule has 7 nitrogen and oxygen atoms in total. The summed E-state index contributed by atoms with van der Waals surface area (Å²) in [7, 11) is 1.31. The summed E-state index contributed by atoms with van der Waals surface area (Å²) in [5.74, 6) is 1.76. The van der Waals surface area contributed by atoms with Gasteiger partial charge in [0.25, 0.3) is 5.89 Å². The van der Waals surface area contributed by atoms with Crippen molar-refractivity contribution in [1.82, 2.24) is 10.2 Å². The molecule has 0 radical (unpaired) electrons. The Bertz CT molecular complexity index is 526. The Balaban J connectivity index is 1.83. The van der Waals surface area contributed by atoms with Crippen molar-refractivity contribution >= 4 is 17.7 Å². The first kappa shape index (κ1) is 13.6. The van der Waals surface area contributed by atoms with E-state index >= 15 is 0 Å². The summed E-state index contributed by atoms with van der Waals surface area (Å²) in [4.78, 5) is 11.1. The molecule has 0 bridgehead atoms. The third-order valence-electron chi connectivity index (χ3n) is 2.23. The van der Waals surface area contributed by atoms with E-state index in [9.17, 15) is 4.79 Å². The molecule has 2 heterocycles. The topological polar surface area (TPSA) is 104 Å². The first-order valence-corrected chi connectivity index (χ1v) is 6.63. The Hall–Kier alpha value is -1.80. The summed E-state index contributed by atoms with van der Waals surface area (Å²) in [5, 5.41) is 7.74. The van der Waals surface area contributed by atoms with Crippen LogP contribution in [0.4, 0.5) is 0 Å². The third-order valence-corrected chi connectivity index (χ3v) is 3.27. The van der Waals surface area contributed by atoms with Gasteiger partial charge in [-0.1, -0.05) is 0 Å². The van der Waals surface area contributed by atoms with Crippen LogP contribution in [0.1, 0.15) is 5.89 Å². The van der Waals surface area contributed by atoms with Gasteiger partial charge in [-0.3, -0.25) is 4.79 Å². The average Bonchev–Trinajstić information content (AvgIpc) is 3.07. The van der Waals surface area contributed by atoms with Crippen molar-refractivity contribution < 1.29 is 18.4 Å². The Labute approximate surface area is 113 Å². The lowest BCUT2D eigenvalue weighted by Crippen LogP contribution is -2.33. The van der Waals surface area contributed by atoms with E-state index in [0.29, 0.717) is 29.0 Å². The monoisotopic (exact) mass is 283 g/mol. The van der Waals surface area contributed by atoms with Gasteiger partial charge in [0, 0.05) is 5.75 Å². The van der Waals surface area contributed by atoms with Crippen molar-refractivity contribution in [2.24, 2.45) is 5.73 Å². The lowest BCUT2D eigenvalue weighted by atomic mass is 10.4. The predicted molar refractivity (Wildman–Crippen MR) is 68.2 cm³/mol. The first-order chi connectivity index (χ1) is 9.20. The predicted octanol–water partition coefficient (Wildman–Crippen LogP) is 1.06. The number of nitrogens with two attached hydrogens (primary N) is 1. The number of aromatic nitrogens is 2. The van der Waals surface area contributed by atoms with Crippen molar-refractivity contribution in [2.75, 3.05) is 12.9 Å². The van der Waals surface area contributed by atoms with Crippen LogP contribution >= 0.6 is 11.8 Å². The Kier molecular flexibility index (Phi) is 4.58. The second-order valence-corrected chi connectivity index (χ2v) is 4.65. The van der Waals surface area contributed by atoms with Crippen LogP contribution in [0.15, 0.2) is 27.2 Å². The highest BCUT2D eigenvalue weighted by molar-refractivity contribution is 7.98.